The number of phenolic OH excluding ortho intramolecular Hbond substituents is 1. The number of carboxylic acid groups (broad SMARTS) is 1. The summed E-state index contributed by atoms with van der Waals surface area (Å²) in [6.45, 7) is 5.98. The molecule has 1 rings (SSSR count). The van der Waals surface area contributed by atoms with Crippen molar-refractivity contribution in [3.05, 3.63) is 40.9 Å². The van der Waals surface area contributed by atoms with Gasteiger partial charge >= 0.3 is 5.97 Å². The van der Waals surface area contributed by atoms with Crippen LogP contribution in [0.5, 0.6) is 5.75 Å². The summed E-state index contributed by atoms with van der Waals surface area (Å²) in [4.78, 5) is 12.7. The van der Waals surface area contributed by atoms with E-state index in [1.807, 2.05) is 13.0 Å². The Morgan fingerprint density at radius 3 is 2.79 bits per heavy atom. The molecule has 19 heavy (non-hydrogen) atoms. The van der Waals surface area contributed by atoms with Gasteiger partial charge in [-0.3, -0.25) is 9.69 Å². The van der Waals surface area contributed by atoms with Crippen LogP contribution >= 0.6 is 15.9 Å². The van der Waals surface area contributed by atoms with Crippen LogP contribution in [-0.2, 0) is 4.79 Å². The van der Waals surface area contributed by atoms with Crippen molar-refractivity contribution in [1.82, 2.24) is 4.90 Å². The van der Waals surface area contributed by atoms with E-state index in [9.17, 15) is 9.90 Å². The van der Waals surface area contributed by atoms with Gasteiger partial charge in [0.25, 0.3) is 0 Å². The Hall–Kier alpha value is -1.33. The maximum Gasteiger partial charge on any atom is 0.317 e. The highest BCUT2D eigenvalue weighted by molar-refractivity contribution is 9.10. The molecule has 0 aromatic heterocycles. The first-order valence-corrected chi connectivity index (χ1v) is 6.84. The molecule has 2 N–H and O–H groups in total. The highest BCUT2D eigenvalue weighted by atomic mass is 79.9. The summed E-state index contributed by atoms with van der Waals surface area (Å²) in [6, 6.07) is 5.02. The maximum absolute atomic E-state index is 10.9. The van der Waals surface area contributed by atoms with Crippen molar-refractivity contribution in [2.45, 2.75) is 19.4 Å². The first kappa shape index (κ1) is 15.7. The molecule has 0 heterocycles. The summed E-state index contributed by atoms with van der Waals surface area (Å²) < 4.78 is 0.854. The number of rotatable bonds is 7. The lowest BCUT2D eigenvalue weighted by Gasteiger charge is -2.29. The molecule has 0 bridgehead atoms. The van der Waals surface area contributed by atoms with Crippen molar-refractivity contribution in [1.29, 1.82) is 0 Å². The second-order valence-electron chi connectivity index (χ2n) is 4.24. The summed E-state index contributed by atoms with van der Waals surface area (Å²) in [5, 5.41) is 18.9. The van der Waals surface area contributed by atoms with Crippen molar-refractivity contribution in [2.75, 3.05) is 13.1 Å². The quantitative estimate of drug-likeness (QED) is 0.755. The molecule has 0 radical (unpaired) electrons. The molecule has 4 nitrogen and oxygen atoms in total. The fourth-order valence-electron chi connectivity index (χ4n) is 2.11. The third kappa shape index (κ3) is 4.36. The Morgan fingerprint density at radius 1 is 1.58 bits per heavy atom. The minimum Gasteiger partial charge on any atom is -0.508 e. The summed E-state index contributed by atoms with van der Waals surface area (Å²) in [5.74, 6) is -0.718. The predicted molar refractivity (Wildman–Crippen MR) is 78.2 cm³/mol. The number of aliphatic carboxylic acids is 1. The molecule has 1 aromatic rings. The Morgan fingerprint density at radius 2 is 2.26 bits per heavy atom. The maximum atomic E-state index is 10.9. The SMILES string of the molecule is C=CCN(CC(=O)O)C(CC)c1cc(Br)ccc1O. The molecule has 1 unspecified atom stereocenters. The number of hydrogen-bond acceptors (Lipinski definition) is 3. The third-order valence-corrected chi connectivity index (χ3v) is 3.37. The van der Waals surface area contributed by atoms with Crippen LogP contribution in [0.1, 0.15) is 24.9 Å². The van der Waals surface area contributed by atoms with Gasteiger partial charge in [0.2, 0.25) is 0 Å². The minimum absolute atomic E-state index is 0.0868. The Bertz CT molecular complexity index is 462. The second kappa shape index (κ2) is 7.31. The van der Waals surface area contributed by atoms with Crippen LogP contribution in [0.4, 0.5) is 0 Å². The normalized spacial score (nSPS) is 12.4. The Kier molecular flexibility index (Phi) is 6.05. The van der Waals surface area contributed by atoms with Crippen molar-refractivity contribution < 1.29 is 15.0 Å². The van der Waals surface area contributed by atoms with E-state index in [1.54, 1.807) is 23.1 Å². The molecule has 0 aliphatic rings. The highest BCUT2D eigenvalue weighted by Gasteiger charge is 2.22. The number of aromatic hydroxyl groups is 1. The standard InChI is InChI=1S/C14H18BrNO3/c1-3-7-16(9-14(18)19)12(4-2)11-8-10(15)5-6-13(11)17/h3,5-6,8,12,17H,1,4,7,9H2,2H3,(H,18,19). The largest absolute Gasteiger partial charge is 0.508 e. The molecule has 5 heteroatoms. The smallest absolute Gasteiger partial charge is 0.317 e. The summed E-state index contributed by atoms with van der Waals surface area (Å²) in [6.07, 6.45) is 2.37. The van der Waals surface area contributed by atoms with Gasteiger partial charge in [-0.1, -0.05) is 28.9 Å². The number of carbonyl (C=O) groups is 1. The van der Waals surface area contributed by atoms with E-state index in [-0.39, 0.29) is 18.3 Å². The molecular weight excluding hydrogens is 310 g/mol. The second-order valence-corrected chi connectivity index (χ2v) is 5.15. The van der Waals surface area contributed by atoms with E-state index in [2.05, 4.69) is 22.5 Å². The molecule has 0 aliphatic heterocycles. The summed E-state index contributed by atoms with van der Waals surface area (Å²) >= 11 is 3.37. The van der Waals surface area contributed by atoms with Crippen molar-refractivity contribution in [3.63, 3.8) is 0 Å². The molecule has 0 spiro atoms. The zero-order valence-corrected chi connectivity index (χ0v) is 12.4. The molecule has 0 fully saturated rings. The van der Waals surface area contributed by atoms with Crippen molar-refractivity contribution in [3.8, 4) is 5.75 Å². The third-order valence-electron chi connectivity index (χ3n) is 2.88. The van der Waals surface area contributed by atoms with Crippen LogP contribution in [0.3, 0.4) is 0 Å². The van der Waals surface area contributed by atoms with Crippen LogP contribution in [0.2, 0.25) is 0 Å². The van der Waals surface area contributed by atoms with Gasteiger partial charge in [0.1, 0.15) is 5.75 Å². The number of halogens is 1. The van der Waals surface area contributed by atoms with Crippen molar-refractivity contribution in [2.24, 2.45) is 0 Å². The molecule has 0 saturated carbocycles. The molecule has 0 saturated heterocycles. The van der Waals surface area contributed by atoms with Crippen LogP contribution in [0, 0.1) is 0 Å². The van der Waals surface area contributed by atoms with E-state index < -0.39 is 5.97 Å². The van der Waals surface area contributed by atoms with Crippen LogP contribution in [0.15, 0.2) is 35.3 Å². The summed E-state index contributed by atoms with van der Waals surface area (Å²) in [5.41, 5.74) is 0.722. The lowest BCUT2D eigenvalue weighted by molar-refractivity contribution is -0.138. The molecule has 1 atom stereocenters. The van der Waals surface area contributed by atoms with E-state index in [1.165, 1.54) is 0 Å². The number of hydrogen-bond donors (Lipinski definition) is 2. The van der Waals surface area contributed by atoms with Crippen molar-refractivity contribution >= 4 is 21.9 Å². The lowest BCUT2D eigenvalue weighted by atomic mass is 10.0. The first-order chi connectivity index (χ1) is 8.99. The molecule has 0 amide bonds. The van der Waals surface area contributed by atoms with E-state index in [0.717, 1.165) is 10.0 Å². The highest BCUT2D eigenvalue weighted by Crippen LogP contribution is 2.33. The Balaban J connectivity index is 3.10. The first-order valence-electron chi connectivity index (χ1n) is 6.04. The summed E-state index contributed by atoms with van der Waals surface area (Å²) in [7, 11) is 0. The fourth-order valence-corrected chi connectivity index (χ4v) is 2.49. The van der Waals surface area contributed by atoms with E-state index in [4.69, 9.17) is 5.11 Å². The topological polar surface area (TPSA) is 60.8 Å². The minimum atomic E-state index is -0.894. The Labute approximate surface area is 121 Å². The number of carboxylic acids is 1. The van der Waals surface area contributed by atoms with Crippen LogP contribution < -0.4 is 0 Å². The van der Waals surface area contributed by atoms with E-state index in [0.29, 0.717) is 13.0 Å². The zero-order valence-electron chi connectivity index (χ0n) is 10.8. The average molecular weight is 328 g/mol. The average Bonchev–Trinajstić information content (AvgIpc) is 2.34. The van der Waals surface area contributed by atoms with Gasteiger partial charge in [-0.15, -0.1) is 6.58 Å². The van der Waals surface area contributed by atoms with Gasteiger partial charge in [-0.2, -0.15) is 0 Å². The van der Waals surface area contributed by atoms with Crippen LogP contribution in [0.25, 0.3) is 0 Å². The lowest BCUT2D eigenvalue weighted by Crippen LogP contribution is -2.33. The fraction of sp³-hybridized carbons (Fsp3) is 0.357. The number of nitrogens with zero attached hydrogens (tertiary/aromatic N) is 1. The van der Waals surface area contributed by atoms with Gasteiger partial charge in [-0.05, 0) is 24.6 Å². The number of benzene rings is 1. The molecular formula is C14H18BrNO3. The van der Waals surface area contributed by atoms with E-state index >= 15 is 0 Å². The molecule has 104 valence electrons. The molecule has 1 aromatic carbocycles. The van der Waals surface area contributed by atoms with Gasteiger partial charge in [0, 0.05) is 22.6 Å². The van der Waals surface area contributed by atoms with Crippen LogP contribution in [-0.4, -0.2) is 34.2 Å². The van der Waals surface area contributed by atoms with Gasteiger partial charge in [0.05, 0.1) is 6.54 Å². The van der Waals surface area contributed by atoms with Gasteiger partial charge in [-0.25, -0.2) is 0 Å². The van der Waals surface area contributed by atoms with Gasteiger partial charge < -0.3 is 10.2 Å². The van der Waals surface area contributed by atoms with Gasteiger partial charge in [0.15, 0.2) is 0 Å². The monoisotopic (exact) mass is 327 g/mol. The predicted octanol–water partition coefficient (Wildman–Crippen LogP) is 3.18. The molecule has 0 aliphatic carbocycles. The zero-order chi connectivity index (χ0) is 14.4. The number of phenols is 1.